The molecule has 2 aromatic rings. The van der Waals surface area contributed by atoms with Crippen molar-refractivity contribution >= 4 is 0 Å². The number of aliphatic hydroxyl groups excluding tert-OH is 1. The molecule has 0 bridgehead atoms. The van der Waals surface area contributed by atoms with Crippen LogP contribution in [0.4, 0.5) is 0 Å². The van der Waals surface area contributed by atoms with E-state index in [1.165, 1.54) is 83.8 Å². The van der Waals surface area contributed by atoms with Crippen molar-refractivity contribution in [3.8, 4) is 0 Å². The van der Waals surface area contributed by atoms with Gasteiger partial charge in [-0.15, -0.1) is 0 Å². The number of hydrogen-bond acceptors (Lipinski definition) is 5. The molecule has 0 radical (unpaired) electrons. The Labute approximate surface area is 218 Å². The standard InChI is InChI=1S/C30H49N5O/c31-20-12-4-2-1-3-5-13-21-34-22-16-26(17-23-34)24-35-25-32-29(33-35)30(18-10-7-11-19-30)28(36)27-14-8-6-9-15-27/h6,8-9,14-15,25-26,28,36H,1-5,7,10-13,16-24,31H2/t28-/m1/s1. The number of aromatic nitrogens is 3. The van der Waals surface area contributed by atoms with Crippen molar-refractivity contribution in [3.63, 3.8) is 0 Å². The lowest BCUT2D eigenvalue weighted by Gasteiger charge is -2.39. The molecule has 6 heteroatoms. The molecule has 1 aliphatic carbocycles. The molecule has 2 heterocycles. The zero-order valence-corrected chi connectivity index (χ0v) is 22.4. The van der Waals surface area contributed by atoms with Gasteiger partial charge in [0.05, 0.1) is 11.5 Å². The molecule has 0 amide bonds. The molecule has 1 saturated heterocycles. The second-order valence-corrected chi connectivity index (χ2v) is 11.4. The number of benzene rings is 1. The van der Waals surface area contributed by atoms with Gasteiger partial charge in [0.15, 0.2) is 5.82 Å². The van der Waals surface area contributed by atoms with E-state index in [4.69, 9.17) is 15.8 Å². The number of nitrogens with two attached hydrogens (primary N) is 1. The molecular weight excluding hydrogens is 446 g/mol. The monoisotopic (exact) mass is 495 g/mol. The summed E-state index contributed by atoms with van der Waals surface area (Å²) in [6.07, 6.45) is 18.5. The fourth-order valence-corrected chi connectivity index (χ4v) is 6.39. The Kier molecular flexibility index (Phi) is 10.8. The molecule has 2 aliphatic rings. The molecule has 2 fully saturated rings. The highest BCUT2D eigenvalue weighted by atomic mass is 16.3. The lowest BCUT2D eigenvalue weighted by molar-refractivity contribution is 0.0469. The molecule has 1 aromatic heterocycles. The zero-order valence-electron chi connectivity index (χ0n) is 22.4. The first-order valence-corrected chi connectivity index (χ1v) is 14.8. The third-order valence-corrected chi connectivity index (χ3v) is 8.70. The SMILES string of the molecule is NCCCCCCCCCN1CCC(Cn2cnc(C3([C@H](O)c4ccccc4)CCCCC3)n2)CC1. The van der Waals surface area contributed by atoms with Crippen LogP contribution in [0.5, 0.6) is 0 Å². The van der Waals surface area contributed by atoms with E-state index >= 15 is 0 Å². The van der Waals surface area contributed by atoms with Crippen molar-refractivity contribution in [1.82, 2.24) is 19.7 Å². The Hall–Kier alpha value is -1.76. The second kappa shape index (κ2) is 14.3. The van der Waals surface area contributed by atoms with Crippen molar-refractivity contribution in [1.29, 1.82) is 0 Å². The van der Waals surface area contributed by atoms with Gasteiger partial charge in [0.2, 0.25) is 0 Å². The van der Waals surface area contributed by atoms with Gasteiger partial charge in [-0.05, 0) is 76.2 Å². The molecule has 6 nitrogen and oxygen atoms in total. The quantitative estimate of drug-likeness (QED) is 0.333. The number of piperidine rings is 1. The summed E-state index contributed by atoms with van der Waals surface area (Å²) in [7, 11) is 0. The summed E-state index contributed by atoms with van der Waals surface area (Å²) in [5, 5.41) is 16.5. The van der Waals surface area contributed by atoms with Crippen LogP contribution in [-0.2, 0) is 12.0 Å². The third-order valence-electron chi connectivity index (χ3n) is 8.70. The van der Waals surface area contributed by atoms with E-state index in [-0.39, 0.29) is 5.41 Å². The first-order valence-electron chi connectivity index (χ1n) is 14.8. The van der Waals surface area contributed by atoms with Crippen LogP contribution in [0.1, 0.15) is 107 Å². The molecule has 36 heavy (non-hydrogen) atoms. The van der Waals surface area contributed by atoms with Gasteiger partial charge in [0.25, 0.3) is 0 Å². The Bertz CT molecular complexity index is 855. The van der Waals surface area contributed by atoms with Crippen molar-refractivity contribution in [2.75, 3.05) is 26.2 Å². The van der Waals surface area contributed by atoms with E-state index in [1.54, 1.807) is 0 Å². The lowest BCUT2D eigenvalue weighted by atomic mass is 9.68. The number of hydrogen-bond donors (Lipinski definition) is 2. The summed E-state index contributed by atoms with van der Waals surface area (Å²) in [5.41, 5.74) is 6.19. The summed E-state index contributed by atoms with van der Waals surface area (Å²) in [6, 6.07) is 10.1. The number of unbranched alkanes of at least 4 members (excludes halogenated alkanes) is 6. The maximum absolute atomic E-state index is 11.5. The maximum Gasteiger partial charge on any atom is 0.159 e. The largest absolute Gasteiger partial charge is 0.387 e. The molecule has 0 spiro atoms. The predicted octanol–water partition coefficient (Wildman–Crippen LogP) is 5.62. The van der Waals surface area contributed by atoms with E-state index in [1.807, 2.05) is 36.7 Å². The molecule has 0 unspecified atom stereocenters. The summed E-state index contributed by atoms with van der Waals surface area (Å²) >= 11 is 0. The van der Waals surface area contributed by atoms with E-state index in [9.17, 15) is 5.11 Å². The van der Waals surface area contributed by atoms with Crippen LogP contribution in [0.25, 0.3) is 0 Å². The van der Waals surface area contributed by atoms with E-state index in [0.29, 0.717) is 5.92 Å². The zero-order chi connectivity index (χ0) is 25.1. The number of likely N-dealkylation sites (tertiary alicyclic amines) is 1. The van der Waals surface area contributed by atoms with Gasteiger partial charge in [-0.3, -0.25) is 4.68 Å². The first kappa shape index (κ1) is 27.3. The molecule has 3 N–H and O–H groups in total. The third kappa shape index (κ3) is 7.39. The fraction of sp³-hybridized carbons (Fsp3) is 0.733. The second-order valence-electron chi connectivity index (χ2n) is 11.4. The molecular formula is C30H49N5O. The lowest BCUT2D eigenvalue weighted by Crippen LogP contribution is -2.37. The van der Waals surface area contributed by atoms with Crippen LogP contribution in [0.2, 0.25) is 0 Å². The first-order chi connectivity index (χ1) is 17.7. The topological polar surface area (TPSA) is 80.2 Å². The molecule has 200 valence electrons. The van der Waals surface area contributed by atoms with E-state index < -0.39 is 6.10 Å². The Morgan fingerprint density at radius 1 is 0.917 bits per heavy atom. The van der Waals surface area contributed by atoms with E-state index in [0.717, 1.165) is 50.2 Å². The molecule has 1 atom stereocenters. The summed E-state index contributed by atoms with van der Waals surface area (Å²) < 4.78 is 2.06. The Morgan fingerprint density at radius 2 is 1.58 bits per heavy atom. The van der Waals surface area contributed by atoms with Crippen LogP contribution in [0, 0.1) is 5.92 Å². The fourth-order valence-electron chi connectivity index (χ4n) is 6.39. The van der Waals surface area contributed by atoms with Crippen molar-refractivity contribution < 1.29 is 5.11 Å². The number of nitrogens with zero attached hydrogens (tertiary/aromatic N) is 4. The Balaban J connectivity index is 1.23. The minimum Gasteiger partial charge on any atom is -0.387 e. The van der Waals surface area contributed by atoms with Crippen molar-refractivity contribution in [2.45, 2.75) is 108 Å². The van der Waals surface area contributed by atoms with Gasteiger partial charge < -0.3 is 15.7 Å². The molecule has 1 aromatic carbocycles. The highest BCUT2D eigenvalue weighted by molar-refractivity contribution is 5.25. The van der Waals surface area contributed by atoms with Crippen molar-refractivity contribution in [3.05, 3.63) is 48.0 Å². The molecule has 4 rings (SSSR count). The van der Waals surface area contributed by atoms with Gasteiger partial charge >= 0.3 is 0 Å². The van der Waals surface area contributed by atoms with Crippen molar-refractivity contribution in [2.24, 2.45) is 11.7 Å². The summed E-state index contributed by atoms with van der Waals surface area (Å²) in [4.78, 5) is 7.45. The number of rotatable bonds is 14. The van der Waals surface area contributed by atoms with Crippen LogP contribution in [0.3, 0.4) is 0 Å². The van der Waals surface area contributed by atoms with Crippen LogP contribution < -0.4 is 5.73 Å². The smallest absolute Gasteiger partial charge is 0.159 e. The maximum atomic E-state index is 11.5. The normalized spacial score (nSPS) is 19.9. The van der Waals surface area contributed by atoms with Gasteiger partial charge in [-0.2, -0.15) is 5.10 Å². The molecule has 1 aliphatic heterocycles. The Morgan fingerprint density at radius 3 is 2.28 bits per heavy atom. The van der Waals surface area contributed by atoms with Gasteiger partial charge in [0, 0.05) is 6.54 Å². The highest BCUT2D eigenvalue weighted by Crippen LogP contribution is 2.46. The summed E-state index contributed by atoms with van der Waals surface area (Å²) in [5.74, 6) is 1.51. The number of aliphatic hydroxyl groups is 1. The average Bonchev–Trinajstić information content (AvgIpc) is 3.40. The van der Waals surface area contributed by atoms with Crippen LogP contribution >= 0.6 is 0 Å². The minimum atomic E-state index is -0.552. The van der Waals surface area contributed by atoms with E-state index in [2.05, 4.69) is 9.58 Å². The molecule has 1 saturated carbocycles. The average molecular weight is 496 g/mol. The predicted molar refractivity (Wildman–Crippen MR) is 147 cm³/mol. The summed E-state index contributed by atoms with van der Waals surface area (Å²) in [6.45, 7) is 5.45. The minimum absolute atomic E-state index is 0.362. The van der Waals surface area contributed by atoms with Crippen LogP contribution in [-0.4, -0.2) is 50.9 Å². The highest BCUT2D eigenvalue weighted by Gasteiger charge is 2.44. The van der Waals surface area contributed by atoms with Crippen LogP contribution in [0.15, 0.2) is 36.7 Å². The van der Waals surface area contributed by atoms with Gasteiger partial charge in [-0.1, -0.05) is 81.7 Å². The van der Waals surface area contributed by atoms with Gasteiger partial charge in [-0.25, -0.2) is 4.98 Å². The van der Waals surface area contributed by atoms with Gasteiger partial charge in [0.1, 0.15) is 6.33 Å².